The summed E-state index contributed by atoms with van der Waals surface area (Å²) in [6, 6.07) is 6.44. The zero-order chi connectivity index (χ0) is 19.6. The van der Waals surface area contributed by atoms with E-state index < -0.39 is 17.6 Å². The van der Waals surface area contributed by atoms with Gasteiger partial charge in [-0.1, -0.05) is 18.5 Å². The number of fused-ring (bicyclic) bond motifs is 1. The summed E-state index contributed by atoms with van der Waals surface area (Å²) in [7, 11) is 0. The number of nitrogens with zero attached hydrogens (tertiary/aromatic N) is 1. The van der Waals surface area contributed by atoms with Gasteiger partial charge in [0, 0.05) is 16.0 Å². The summed E-state index contributed by atoms with van der Waals surface area (Å²) in [5.41, 5.74) is 1.07. The van der Waals surface area contributed by atoms with Crippen LogP contribution < -0.4 is 11.1 Å². The summed E-state index contributed by atoms with van der Waals surface area (Å²) in [6.45, 7) is 3.65. The summed E-state index contributed by atoms with van der Waals surface area (Å²) in [5.74, 6) is -1.61. The molecule has 0 fully saturated rings. The van der Waals surface area contributed by atoms with Crippen molar-refractivity contribution in [2.75, 3.05) is 11.9 Å². The number of nitrogens with one attached hydrogen (secondary N) is 1. The number of ether oxygens (including phenoxy) is 1. The number of anilines is 1. The highest BCUT2D eigenvalue weighted by Gasteiger charge is 2.20. The van der Waals surface area contributed by atoms with Crippen LogP contribution in [0.2, 0.25) is 5.02 Å². The summed E-state index contributed by atoms with van der Waals surface area (Å²) < 4.78 is 11.4. The Balaban J connectivity index is 1.85. The molecule has 7 nitrogen and oxygen atoms in total. The second kappa shape index (κ2) is 7.98. The first-order chi connectivity index (χ1) is 12.9. The lowest BCUT2D eigenvalue weighted by molar-refractivity contribution is -0.116. The molecule has 0 unspecified atom stereocenters. The largest absolute Gasteiger partial charge is 0.462 e. The second-order valence-corrected chi connectivity index (χ2v) is 7.22. The van der Waals surface area contributed by atoms with Gasteiger partial charge in [-0.2, -0.15) is 0 Å². The van der Waals surface area contributed by atoms with Crippen LogP contribution in [-0.2, 0) is 22.5 Å². The Morgan fingerprint density at radius 1 is 1.30 bits per heavy atom. The van der Waals surface area contributed by atoms with Crippen LogP contribution in [0.15, 0.2) is 33.5 Å². The Morgan fingerprint density at radius 3 is 2.78 bits per heavy atom. The lowest BCUT2D eigenvalue weighted by Gasteiger charge is -2.06. The molecule has 2 aromatic heterocycles. The molecule has 3 aromatic rings. The molecule has 1 N–H and O–H groups in total. The third-order valence-corrected chi connectivity index (χ3v) is 5.24. The summed E-state index contributed by atoms with van der Waals surface area (Å²) >= 11 is 7.19. The van der Waals surface area contributed by atoms with Gasteiger partial charge < -0.3 is 14.5 Å². The third kappa shape index (κ3) is 4.06. The number of esters is 1. The molecule has 9 heteroatoms. The highest BCUT2D eigenvalue weighted by molar-refractivity contribution is 7.16. The van der Waals surface area contributed by atoms with Crippen molar-refractivity contribution in [1.82, 2.24) is 4.57 Å². The number of amides is 1. The number of hydrogen-bond donors (Lipinski definition) is 1. The Kier molecular flexibility index (Phi) is 5.67. The van der Waals surface area contributed by atoms with Crippen LogP contribution in [0.1, 0.15) is 29.1 Å². The number of hydrogen-bond acceptors (Lipinski definition) is 6. The first kappa shape index (κ1) is 19.2. The van der Waals surface area contributed by atoms with E-state index in [9.17, 15) is 14.4 Å². The van der Waals surface area contributed by atoms with Gasteiger partial charge in [-0.15, -0.1) is 11.3 Å². The van der Waals surface area contributed by atoms with Crippen LogP contribution in [0.4, 0.5) is 5.00 Å². The van der Waals surface area contributed by atoms with Gasteiger partial charge in [0.15, 0.2) is 5.58 Å². The number of benzene rings is 1. The van der Waals surface area contributed by atoms with Crippen LogP contribution in [0, 0.1) is 0 Å². The first-order valence-corrected chi connectivity index (χ1v) is 9.51. The quantitative estimate of drug-likeness (QED) is 0.628. The maximum Gasteiger partial charge on any atom is 0.420 e. The Bertz CT molecular complexity index is 1070. The molecular weight excluding hydrogens is 392 g/mol. The molecule has 0 bridgehead atoms. The van der Waals surface area contributed by atoms with Gasteiger partial charge in [0.1, 0.15) is 11.5 Å². The maximum absolute atomic E-state index is 12.5. The van der Waals surface area contributed by atoms with E-state index in [0.717, 1.165) is 11.3 Å². The number of carbonyl (C=O) groups excluding carboxylic acids is 2. The lowest BCUT2D eigenvalue weighted by atomic mass is 10.2. The molecule has 1 amide bonds. The van der Waals surface area contributed by atoms with Crippen molar-refractivity contribution in [2.24, 2.45) is 0 Å². The topological polar surface area (TPSA) is 90.5 Å². The predicted octanol–water partition coefficient (Wildman–Crippen LogP) is 3.69. The van der Waals surface area contributed by atoms with E-state index in [1.54, 1.807) is 25.1 Å². The smallest absolute Gasteiger partial charge is 0.420 e. The molecule has 0 radical (unpaired) electrons. The molecule has 0 aliphatic carbocycles. The SMILES string of the molecule is CCOC(=O)c1cc(CC)sc1NC(=O)Cn1c(=O)oc2cc(Cl)ccc21. The molecule has 2 heterocycles. The molecule has 0 spiro atoms. The standard InChI is InChI=1S/C18H17ClN2O5S/c1-3-11-8-12(17(23)25-4-2)16(27-11)20-15(22)9-21-13-6-5-10(19)7-14(13)26-18(21)24/h5-8H,3-4,9H2,1-2H3,(H,20,22). The molecule has 3 rings (SSSR count). The van der Waals surface area contributed by atoms with Gasteiger partial charge in [-0.25, -0.2) is 9.59 Å². The second-order valence-electron chi connectivity index (χ2n) is 5.64. The number of aryl methyl sites for hydroxylation is 1. The van der Waals surface area contributed by atoms with E-state index in [4.69, 9.17) is 20.8 Å². The molecule has 0 aliphatic rings. The van der Waals surface area contributed by atoms with Crippen molar-refractivity contribution in [3.63, 3.8) is 0 Å². The van der Waals surface area contributed by atoms with Gasteiger partial charge in [-0.05, 0) is 31.5 Å². The van der Waals surface area contributed by atoms with E-state index in [1.165, 1.54) is 22.0 Å². The van der Waals surface area contributed by atoms with Crippen molar-refractivity contribution in [1.29, 1.82) is 0 Å². The van der Waals surface area contributed by atoms with E-state index >= 15 is 0 Å². The zero-order valence-corrected chi connectivity index (χ0v) is 16.3. The molecule has 0 saturated carbocycles. The van der Waals surface area contributed by atoms with Crippen molar-refractivity contribution in [3.05, 3.63) is 50.3 Å². The molecule has 27 heavy (non-hydrogen) atoms. The number of aromatic nitrogens is 1. The highest BCUT2D eigenvalue weighted by atomic mass is 35.5. The summed E-state index contributed by atoms with van der Waals surface area (Å²) in [6.07, 6.45) is 0.722. The number of halogens is 1. The highest BCUT2D eigenvalue weighted by Crippen LogP contribution is 2.29. The van der Waals surface area contributed by atoms with E-state index in [-0.39, 0.29) is 13.2 Å². The molecule has 0 aliphatic heterocycles. The molecule has 1 aromatic carbocycles. The summed E-state index contributed by atoms with van der Waals surface area (Å²) in [4.78, 5) is 37.6. The number of oxazole rings is 1. The van der Waals surface area contributed by atoms with Gasteiger partial charge in [0.25, 0.3) is 0 Å². The first-order valence-electron chi connectivity index (χ1n) is 8.31. The van der Waals surface area contributed by atoms with Crippen molar-refractivity contribution in [3.8, 4) is 0 Å². The number of thiophene rings is 1. The molecule has 142 valence electrons. The minimum Gasteiger partial charge on any atom is -0.462 e. The van der Waals surface area contributed by atoms with Crippen molar-refractivity contribution >= 4 is 50.9 Å². The van der Waals surface area contributed by atoms with Crippen LogP contribution in [0.5, 0.6) is 0 Å². The zero-order valence-electron chi connectivity index (χ0n) is 14.7. The number of rotatable bonds is 6. The molecule has 0 atom stereocenters. The van der Waals surface area contributed by atoms with Gasteiger partial charge >= 0.3 is 11.7 Å². The number of carbonyl (C=O) groups is 2. The van der Waals surface area contributed by atoms with E-state index in [1.807, 2.05) is 6.92 Å². The minimum absolute atomic E-state index is 0.239. The Morgan fingerprint density at radius 2 is 2.07 bits per heavy atom. The van der Waals surface area contributed by atoms with E-state index in [0.29, 0.717) is 26.7 Å². The van der Waals surface area contributed by atoms with Crippen molar-refractivity contribution < 1.29 is 18.7 Å². The van der Waals surface area contributed by atoms with Crippen LogP contribution in [0.3, 0.4) is 0 Å². The van der Waals surface area contributed by atoms with Gasteiger partial charge in [-0.3, -0.25) is 9.36 Å². The lowest BCUT2D eigenvalue weighted by Crippen LogP contribution is -2.25. The average molecular weight is 409 g/mol. The Labute approximate surface area is 163 Å². The van der Waals surface area contributed by atoms with Gasteiger partial charge in [0.2, 0.25) is 5.91 Å². The average Bonchev–Trinajstić information content (AvgIpc) is 3.16. The van der Waals surface area contributed by atoms with E-state index in [2.05, 4.69) is 5.32 Å². The monoisotopic (exact) mass is 408 g/mol. The van der Waals surface area contributed by atoms with Crippen molar-refractivity contribution in [2.45, 2.75) is 26.8 Å². The fourth-order valence-electron chi connectivity index (χ4n) is 2.57. The van der Waals surface area contributed by atoms with Crippen LogP contribution >= 0.6 is 22.9 Å². The Hall–Kier alpha value is -2.58. The maximum atomic E-state index is 12.5. The van der Waals surface area contributed by atoms with Crippen LogP contribution in [0.25, 0.3) is 11.1 Å². The third-order valence-electron chi connectivity index (χ3n) is 3.81. The fourth-order valence-corrected chi connectivity index (χ4v) is 3.73. The predicted molar refractivity (Wildman–Crippen MR) is 104 cm³/mol. The minimum atomic E-state index is -0.659. The normalized spacial score (nSPS) is 10.9. The summed E-state index contributed by atoms with van der Waals surface area (Å²) in [5, 5.41) is 3.53. The molecular formula is C18H17ClN2O5S. The van der Waals surface area contributed by atoms with Crippen LogP contribution in [-0.4, -0.2) is 23.1 Å². The molecule has 0 saturated heterocycles. The van der Waals surface area contributed by atoms with Gasteiger partial charge in [0.05, 0.1) is 17.7 Å². The fraction of sp³-hybridized carbons (Fsp3) is 0.278.